The fourth-order valence-corrected chi connectivity index (χ4v) is 4.04. The van der Waals surface area contributed by atoms with Crippen LogP contribution in [0.1, 0.15) is 31.4 Å². The lowest BCUT2D eigenvalue weighted by molar-refractivity contribution is 0.165. The molecule has 2 rings (SSSR count). The van der Waals surface area contributed by atoms with Crippen molar-refractivity contribution in [1.29, 1.82) is 0 Å². The van der Waals surface area contributed by atoms with E-state index in [0.29, 0.717) is 18.0 Å². The second-order valence-electron chi connectivity index (χ2n) is 5.41. The SMILES string of the molecule is CC(N)c1ccc(S(=O)(=O)N2CCCC(CO)C2)cc1. The molecule has 0 saturated carbocycles. The summed E-state index contributed by atoms with van der Waals surface area (Å²) in [5.41, 5.74) is 6.68. The lowest BCUT2D eigenvalue weighted by Gasteiger charge is -2.31. The van der Waals surface area contributed by atoms with Gasteiger partial charge in [0.15, 0.2) is 0 Å². The zero-order valence-electron chi connectivity index (χ0n) is 11.7. The normalized spacial score (nSPS) is 22.6. The summed E-state index contributed by atoms with van der Waals surface area (Å²) in [4.78, 5) is 0.292. The largest absolute Gasteiger partial charge is 0.396 e. The Kier molecular flexibility index (Phi) is 4.80. The van der Waals surface area contributed by atoms with Crippen molar-refractivity contribution in [2.24, 2.45) is 11.7 Å². The number of aliphatic hydroxyl groups is 1. The third-order valence-corrected chi connectivity index (χ3v) is 5.66. The number of rotatable bonds is 4. The van der Waals surface area contributed by atoms with Crippen LogP contribution in [0.5, 0.6) is 0 Å². The average molecular weight is 298 g/mol. The summed E-state index contributed by atoms with van der Waals surface area (Å²) in [7, 11) is -3.47. The van der Waals surface area contributed by atoms with E-state index in [9.17, 15) is 13.5 Å². The summed E-state index contributed by atoms with van der Waals surface area (Å²) < 4.78 is 26.6. The van der Waals surface area contributed by atoms with Crippen LogP contribution in [0.15, 0.2) is 29.2 Å². The molecule has 2 atom stereocenters. The van der Waals surface area contributed by atoms with E-state index in [0.717, 1.165) is 18.4 Å². The molecule has 6 heteroatoms. The molecule has 1 saturated heterocycles. The number of piperidine rings is 1. The van der Waals surface area contributed by atoms with Crippen LogP contribution in [0.4, 0.5) is 0 Å². The highest BCUT2D eigenvalue weighted by Crippen LogP contribution is 2.24. The van der Waals surface area contributed by atoms with Gasteiger partial charge in [-0.1, -0.05) is 12.1 Å². The molecule has 3 N–H and O–H groups in total. The Labute approximate surface area is 120 Å². The molecular formula is C14H22N2O3S. The lowest BCUT2D eigenvalue weighted by Crippen LogP contribution is -2.40. The first-order chi connectivity index (χ1) is 9.45. The molecule has 0 amide bonds. The number of nitrogens with zero attached hydrogens (tertiary/aromatic N) is 1. The van der Waals surface area contributed by atoms with Crippen LogP contribution >= 0.6 is 0 Å². The minimum absolute atomic E-state index is 0.0373. The summed E-state index contributed by atoms with van der Waals surface area (Å²) >= 11 is 0. The highest BCUT2D eigenvalue weighted by Gasteiger charge is 2.29. The Hall–Kier alpha value is -0.950. The van der Waals surface area contributed by atoms with E-state index < -0.39 is 10.0 Å². The maximum absolute atomic E-state index is 12.5. The molecule has 5 nitrogen and oxygen atoms in total. The number of benzene rings is 1. The fourth-order valence-electron chi connectivity index (χ4n) is 2.49. The molecule has 2 unspecified atom stereocenters. The first kappa shape index (κ1) is 15.4. The molecule has 0 aromatic heterocycles. The van der Waals surface area contributed by atoms with E-state index in [1.54, 1.807) is 24.3 Å². The molecule has 0 bridgehead atoms. The molecule has 0 radical (unpaired) electrons. The monoisotopic (exact) mass is 298 g/mol. The summed E-state index contributed by atoms with van der Waals surface area (Å²) in [5, 5.41) is 9.21. The Morgan fingerprint density at radius 3 is 2.60 bits per heavy atom. The van der Waals surface area contributed by atoms with Gasteiger partial charge in [-0.05, 0) is 43.4 Å². The van der Waals surface area contributed by atoms with Crippen molar-refractivity contribution in [2.45, 2.75) is 30.7 Å². The van der Waals surface area contributed by atoms with Gasteiger partial charge in [0.05, 0.1) is 4.90 Å². The molecule has 1 aromatic rings. The number of aliphatic hydroxyl groups excluding tert-OH is 1. The first-order valence-corrected chi connectivity index (χ1v) is 8.35. The molecule has 1 aliphatic heterocycles. The van der Waals surface area contributed by atoms with E-state index in [1.807, 2.05) is 6.92 Å². The van der Waals surface area contributed by atoms with Gasteiger partial charge in [-0.2, -0.15) is 4.31 Å². The second kappa shape index (κ2) is 6.22. The maximum Gasteiger partial charge on any atom is 0.243 e. The van der Waals surface area contributed by atoms with E-state index in [4.69, 9.17) is 5.73 Å². The molecule has 112 valence electrons. The van der Waals surface area contributed by atoms with Crippen LogP contribution in [0, 0.1) is 5.92 Å². The third kappa shape index (κ3) is 3.20. The minimum atomic E-state index is -3.47. The van der Waals surface area contributed by atoms with Crippen LogP contribution < -0.4 is 5.73 Å². The minimum Gasteiger partial charge on any atom is -0.396 e. The van der Waals surface area contributed by atoms with Crippen molar-refractivity contribution in [1.82, 2.24) is 4.31 Å². The van der Waals surface area contributed by atoms with Gasteiger partial charge >= 0.3 is 0 Å². The Morgan fingerprint density at radius 2 is 2.05 bits per heavy atom. The van der Waals surface area contributed by atoms with Gasteiger partial charge < -0.3 is 10.8 Å². The van der Waals surface area contributed by atoms with Crippen LogP contribution in [0.3, 0.4) is 0 Å². The van der Waals surface area contributed by atoms with Gasteiger partial charge in [0.25, 0.3) is 0 Å². The van der Waals surface area contributed by atoms with Crippen molar-refractivity contribution in [3.63, 3.8) is 0 Å². The number of hydrogen-bond donors (Lipinski definition) is 2. The van der Waals surface area contributed by atoms with Gasteiger partial charge in [0.1, 0.15) is 0 Å². The average Bonchev–Trinajstić information content (AvgIpc) is 2.47. The third-order valence-electron chi connectivity index (χ3n) is 3.78. The summed E-state index contributed by atoms with van der Waals surface area (Å²) in [6, 6.07) is 6.61. The van der Waals surface area contributed by atoms with Crippen molar-refractivity contribution in [2.75, 3.05) is 19.7 Å². The van der Waals surface area contributed by atoms with Crippen molar-refractivity contribution < 1.29 is 13.5 Å². The van der Waals surface area contributed by atoms with Gasteiger partial charge in [-0.25, -0.2) is 8.42 Å². The van der Waals surface area contributed by atoms with Crippen LogP contribution in [-0.4, -0.2) is 37.5 Å². The molecule has 1 fully saturated rings. The van der Waals surface area contributed by atoms with E-state index >= 15 is 0 Å². The Balaban J connectivity index is 2.21. The molecule has 0 spiro atoms. The number of nitrogens with two attached hydrogens (primary N) is 1. The smallest absolute Gasteiger partial charge is 0.243 e. The summed E-state index contributed by atoms with van der Waals surface area (Å²) in [6.07, 6.45) is 1.68. The zero-order valence-corrected chi connectivity index (χ0v) is 12.5. The van der Waals surface area contributed by atoms with Crippen molar-refractivity contribution in [3.05, 3.63) is 29.8 Å². The van der Waals surface area contributed by atoms with Gasteiger partial charge in [-0.3, -0.25) is 0 Å². The number of hydrogen-bond acceptors (Lipinski definition) is 4. The van der Waals surface area contributed by atoms with E-state index in [2.05, 4.69) is 0 Å². The van der Waals surface area contributed by atoms with Gasteiger partial charge in [-0.15, -0.1) is 0 Å². The van der Waals surface area contributed by atoms with Crippen LogP contribution in [0.2, 0.25) is 0 Å². The van der Waals surface area contributed by atoms with Crippen molar-refractivity contribution in [3.8, 4) is 0 Å². The predicted molar refractivity (Wildman–Crippen MR) is 77.6 cm³/mol. The molecular weight excluding hydrogens is 276 g/mol. The van der Waals surface area contributed by atoms with Gasteiger partial charge in [0, 0.05) is 25.7 Å². The van der Waals surface area contributed by atoms with Gasteiger partial charge in [0.2, 0.25) is 10.0 Å². The first-order valence-electron chi connectivity index (χ1n) is 6.91. The molecule has 1 aromatic carbocycles. The number of sulfonamides is 1. The topological polar surface area (TPSA) is 83.6 Å². The Morgan fingerprint density at radius 1 is 1.40 bits per heavy atom. The highest BCUT2D eigenvalue weighted by atomic mass is 32.2. The van der Waals surface area contributed by atoms with Crippen LogP contribution in [0.25, 0.3) is 0 Å². The molecule has 0 aliphatic carbocycles. The Bertz CT molecular complexity index is 540. The fraction of sp³-hybridized carbons (Fsp3) is 0.571. The maximum atomic E-state index is 12.5. The predicted octanol–water partition coefficient (Wildman–Crippen LogP) is 1.10. The standard InChI is InChI=1S/C14H22N2O3S/c1-11(15)13-4-6-14(7-5-13)20(18,19)16-8-2-3-12(9-16)10-17/h4-7,11-12,17H,2-3,8-10,15H2,1H3. The lowest BCUT2D eigenvalue weighted by atomic mass is 10.0. The van der Waals surface area contributed by atoms with Crippen molar-refractivity contribution >= 4 is 10.0 Å². The molecule has 20 heavy (non-hydrogen) atoms. The quantitative estimate of drug-likeness (QED) is 0.872. The second-order valence-corrected chi connectivity index (χ2v) is 7.35. The van der Waals surface area contributed by atoms with Crippen LogP contribution in [-0.2, 0) is 10.0 Å². The molecule has 1 aliphatic rings. The summed E-state index contributed by atoms with van der Waals surface area (Å²) in [5.74, 6) is 0.0434. The van der Waals surface area contributed by atoms with E-state index in [1.165, 1.54) is 4.31 Å². The highest BCUT2D eigenvalue weighted by molar-refractivity contribution is 7.89. The van der Waals surface area contributed by atoms with E-state index in [-0.39, 0.29) is 18.6 Å². The summed E-state index contributed by atoms with van der Waals surface area (Å²) in [6.45, 7) is 2.82. The zero-order chi connectivity index (χ0) is 14.8. The molecule has 1 heterocycles.